The SMILES string of the molecule is COc1cc(/C=C/C(=O)OCC(=O)NC(N)=O)cc2c1OCCO2. The van der Waals surface area contributed by atoms with E-state index in [1.54, 1.807) is 17.4 Å². The van der Waals surface area contributed by atoms with Crippen LogP contribution in [0.1, 0.15) is 5.56 Å². The molecular formula is C15H16N2O7. The van der Waals surface area contributed by atoms with E-state index in [1.165, 1.54) is 13.2 Å². The zero-order valence-electron chi connectivity index (χ0n) is 12.9. The Morgan fingerprint density at radius 2 is 2.04 bits per heavy atom. The number of methoxy groups -OCH3 is 1. The van der Waals surface area contributed by atoms with Gasteiger partial charge in [-0.25, -0.2) is 9.59 Å². The van der Waals surface area contributed by atoms with Crippen molar-refractivity contribution in [2.75, 3.05) is 26.9 Å². The van der Waals surface area contributed by atoms with Gasteiger partial charge in [0.1, 0.15) is 13.2 Å². The number of carbonyl (C=O) groups is 3. The predicted molar refractivity (Wildman–Crippen MR) is 81.7 cm³/mol. The highest BCUT2D eigenvalue weighted by Gasteiger charge is 2.17. The number of nitrogens with one attached hydrogen (secondary N) is 1. The maximum Gasteiger partial charge on any atom is 0.331 e. The number of primary amides is 1. The Kier molecular flexibility index (Phi) is 5.61. The van der Waals surface area contributed by atoms with Gasteiger partial charge in [0.15, 0.2) is 18.1 Å². The van der Waals surface area contributed by atoms with Crippen LogP contribution in [0.15, 0.2) is 18.2 Å². The fourth-order valence-corrected chi connectivity index (χ4v) is 1.91. The molecule has 1 aliphatic rings. The summed E-state index contributed by atoms with van der Waals surface area (Å²) in [4.78, 5) is 33.1. The van der Waals surface area contributed by atoms with Crippen LogP contribution in [0.25, 0.3) is 6.08 Å². The van der Waals surface area contributed by atoms with Gasteiger partial charge in [0.2, 0.25) is 5.75 Å². The minimum absolute atomic E-state index is 0.417. The Balaban J connectivity index is 1.99. The zero-order chi connectivity index (χ0) is 17.5. The first-order valence-electron chi connectivity index (χ1n) is 6.91. The standard InChI is InChI=1S/C15H16N2O7/c1-21-10-6-9(7-11-14(10)23-5-4-22-11)2-3-13(19)24-8-12(18)17-15(16)20/h2-3,6-7H,4-5,8H2,1H3,(H3,16,17,18,20)/b3-2+. The summed E-state index contributed by atoms with van der Waals surface area (Å²) in [5.74, 6) is -0.0872. The molecule has 0 fully saturated rings. The van der Waals surface area contributed by atoms with Gasteiger partial charge >= 0.3 is 12.0 Å². The molecule has 1 heterocycles. The van der Waals surface area contributed by atoms with Gasteiger partial charge in [0.25, 0.3) is 5.91 Å². The molecule has 3 N–H and O–H groups in total. The molecule has 1 aliphatic heterocycles. The van der Waals surface area contributed by atoms with Crippen molar-refractivity contribution in [2.45, 2.75) is 0 Å². The molecule has 0 aliphatic carbocycles. The Bertz CT molecular complexity index is 667. The molecule has 0 spiro atoms. The number of fused-ring (bicyclic) bond motifs is 1. The number of ether oxygens (including phenoxy) is 4. The molecular weight excluding hydrogens is 320 g/mol. The van der Waals surface area contributed by atoms with E-state index in [4.69, 9.17) is 19.9 Å². The number of esters is 1. The topological polar surface area (TPSA) is 126 Å². The van der Waals surface area contributed by atoms with E-state index < -0.39 is 24.5 Å². The number of rotatable bonds is 5. The largest absolute Gasteiger partial charge is 0.493 e. The zero-order valence-corrected chi connectivity index (χ0v) is 12.9. The van der Waals surface area contributed by atoms with Crippen molar-refractivity contribution in [3.63, 3.8) is 0 Å². The van der Waals surface area contributed by atoms with Crippen LogP contribution in [-0.2, 0) is 14.3 Å². The monoisotopic (exact) mass is 336 g/mol. The van der Waals surface area contributed by atoms with Gasteiger partial charge < -0.3 is 24.7 Å². The van der Waals surface area contributed by atoms with Crippen molar-refractivity contribution in [1.82, 2.24) is 5.32 Å². The molecule has 0 aromatic heterocycles. The molecule has 9 nitrogen and oxygen atoms in total. The van der Waals surface area contributed by atoms with E-state index in [-0.39, 0.29) is 0 Å². The Morgan fingerprint density at radius 3 is 2.75 bits per heavy atom. The van der Waals surface area contributed by atoms with Crippen LogP contribution in [-0.4, -0.2) is 44.8 Å². The Morgan fingerprint density at radius 1 is 1.29 bits per heavy atom. The first kappa shape index (κ1) is 17.1. The van der Waals surface area contributed by atoms with Gasteiger partial charge in [0, 0.05) is 6.08 Å². The Hall–Kier alpha value is -3.23. The fraction of sp³-hybridized carbons (Fsp3) is 0.267. The molecule has 0 radical (unpaired) electrons. The summed E-state index contributed by atoms with van der Waals surface area (Å²) in [5, 5.41) is 1.77. The van der Waals surface area contributed by atoms with Crippen molar-refractivity contribution in [3.8, 4) is 17.2 Å². The van der Waals surface area contributed by atoms with E-state index >= 15 is 0 Å². The molecule has 1 aromatic rings. The van der Waals surface area contributed by atoms with Gasteiger partial charge in [-0.15, -0.1) is 0 Å². The second-order valence-corrected chi connectivity index (χ2v) is 4.60. The molecule has 0 saturated heterocycles. The van der Waals surface area contributed by atoms with Crippen LogP contribution in [0, 0.1) is 0 Å². The summed E-state index contributed by atoms with van der Waals surface area (Å²) in [6, 6.07) is 2.33. The summed E-state index contributed by atoms with van der Waals surface area (Å²) in [5.41, 5.74) is 5.38. The average molecular weight is 336 g/mol. The van der Waals surface area contributed by atoms with Crippen LogP contribution >= 0.6 is 0 Å². The van der Waals surface area contributed by atoms with Crippen molar-refractivity contribution >= 4 is 24.0 Å². The number of benzene rings is 1. The molecule has 0 atom stereocenters. The highest BCUT2D eigenvalue weighted by Crippen LogP contribution is 2.40. The molecule has 1 aromatic carbocycles. The molecule has 128 valence electrons. The van der Waals surface area contributed by atoms with Gasteiger partial charge in [-0.2, -0.15) is 0 Å². The molecule has 0 saturated carbocycles. The number of hydrogen-bond donors (Lipinski definition) is 2. The Labute approximate surface area is 137 Å². The minimum atomic E-state index is -1.02. The summed E-state index contributed by atoms with van der Waals surface area (Å²) in [6.45, 7) is 0.231. The first-order chi connectivity index (χ1) is 11.5. The average Bonchev–Trinajstić information content (AvgIpc) is 2.56. The summed E-state index contributed by atoms with van der Waals surface area (Å²) in [6.07, 6.45) is 2.59. The van der Waals surface area contributed by atoms with Crippen molar-refractivity contribution in [2.24, 2.45) is 5.73 Å². The normalized spacial score (nSPS) is 12.5. The maximum absolute atomic E-state index is 11.6. The molecule has 0 unspecified atom stereocenters. The van der Waals surface area contributed by atoms with Gasteiger partial charge in [-0.1, -0.05) is 0 Å². The molecule has 9 heteroatoms. The highest BCUT2D eigenvalue weighted by atomic mass is 16.6. The van der Waals surface area contributed by atoms with E-state index in [2.05, 4.69) is 4.74 Å². The first-order valence-corrected chi connectivity index (χ1v) is 6.91. The fourth-order valence-electron chi connectivity index (χ4n) is 1.91. The molecule has 0 bridgehead atoms. The maximum atomic E-state index is 11.6. The van der Waals surface area contributed by atoms with Crippen molar-refractivity contribution in [1.29, 1.82) is 0 Å². The number of nitrogens with two attached hydrogens (primary N) is 1. The summed E-state index contributed by atoms with van der Waals surface area (Å²) in [7, 11) is 1.49. The lowest BCUT2D eigenvalue weighted by molar-refractivity contribution is -0.143. The smallest absolute Gasteiger partial charge is 0.331 e. The van der Waals surface area contributed by atoms with Crippen LogP contribution in [0.3, 0.4) is 0 Å². The van der Waals surface area contributed by atoms with Gasteiger partial charge in [-0.3, -0.25) is 10.1 Å². The van der Waals surface area contributed by atoms with Gasteiger partial charge in [-0.05, 0) is 23.8 Å². The number of amides is 3. The summed E-state index contributed by atoms with van der Waals surface area (Å²) >= 11 is 0. The highest BCUT2D eigenvalue weighted by molar-refractivity contribution is 5.95. The van der Waals surface area contributed by atoms with Crippen molar-refractivity contribution in [3.05, 3.63) is 23.8 Å². The predicted octanol–water partition coefficient (Wildman–Crippen LogP) is 0.218. The molecule has 3 amide bonds. The number of carbonyl (C=O) groups excluding carboxylic acids is 3. The van der Waals surface area contributed by atoms with Crippen molar-refractivity contribution < 1.29 is 33.3 Å². The van der Waals surface area contributed by atoms with Crippen LogP contribution < -0.4 is 25.3 Å². The third-order valence-electron chi connectivity index (χ3n) is 2.87. The second-order valence-electron chi connectivity index (χ2n) is 4.60. The van der Waals surface area contributed by atoms with E-state index in [1.807, 2.05) is 0 Å². The minimum Gasteiger partial charge on any atom is -0.493 e. The van der Waals surface area contributed by atoms with Crippen LogP contribution in [0.5, 0.6) is 17.2 Å². The van der Waals surface area contributed by atoms with E-state index in [0.29, 0.717) is 36.0 Å². The molecule has 24 heavy (non-hydrogen) atoms. The van der Waals surface area contributed by atoms with E-state index in [9.17, 15) is 14.4 Å². The second kappa shape index (κ2) is 7.86. The lowest BCUT2D eigenvalue weighted by Crippen LogP contribution is -2.37. The van der Waals surface area contributed by atoms with Gasteiger partial charge in [0.05, 0.1) is 7.11 Å². The summed E-state index contributed by atoms with van der Waals surface area (Å²) < 4.78 is 20.8. The quantitative estimate of drug-likeness (QED) is 0.581. The molecule has 2 rings (SSSR count). The lowest BCUT2D eigenvalue weighted by Gasteiger charge is -2.20. The number of hydrogen-bond acceptors (Lipinski definition) is 7. The number of imide groups is 1. The number of urea groups is 1. The van der Waals surface area contributed by atoms with E-state index in [0.717, 1.165) is 6.08 Å². The van der Waals surface area contributed by atoms with Crippen LogP contribution in [0.4, 0.5) is 4.79 Å². The third kappa shape index (κ3) is 4.63. The third-order valence-corrected chi connectivity index (χ3v) is 2.87. The lowest BCUT2D eigenvalue weighted by atomic mass is 10.1. The van der Waals surface area contributed by atoms with Crippen LogP contribution in [0.2, 0.25) is 0 Å².